The van der Waals surface area contributed by atoms with Crippen molar-refractivity contribution in [2.45, 2.75) is 71.0 Å². The average Bonchev–Trinajstić information content (AvgIpc) is 2.89. The third kappa shape index (κ3) is 5.27. The number of ether oxygens (including phenoxy) is 1. The monoisotopic (exact) mass is 523 g/mol. The summed E-state index contributed by atoms with van der Waals surface area (Å²) < 4.78 is 11.8. The van der Waals surface area contributed by atoms with Crippen molar-refractivity contribution in [2.24, 2.45) is 5.92 Å². The van der Waals surface area contributed by atoms with Crippen LogP contribution in [0.3, 0.4) is 0 Å². The summed E-state index contributed by atoms with van der Waals surface area (Å²) in [4.78, 5) is 27.9. The summed E-state index contributed by atoms with van der Waals surface area (Å²) in [6, 6.07) is 11.3. The van der Waals surface area contributed by atoms with Gasteiger partial charge in [-0.2, -0.15) is 0 Å². The molecule has 1 aromatic heterocycles. The molecule has 2 fully saturated rings. The fraction of sp³-hybridized carbons (Fsp3) is 0.467. The summed E-state index contributed by atoms with van der Waals surface area (Å²) >= 11 is 5.96. The zero-order valence-corrected chi connectivity index (χ0v) is 22.3. The molecule has 2 atom stereocenters. The van der Waals surface area contributed by atoms with E-state index >= 15 is 0 Å². The van der Waals surface area contributed by atoms with Crippen LogP contribution in [0.1, 0.15) is 60.8 Å². The van der Waals surface area contributed by atoms with E-state index in [4.69, 9.17) is 20.8 Å². The Morgan fingerprint density at radius 3 is 2.70 bits per heavy atom. The van der Waals surface area contributed by atoms with Gasteiger partial charge >= 0.3 is 5.63 Å². The maximum absolute atomic E-state index is 13.0. The first-order valence-electron chi connectivity index (χ1n) is 13.2. The number of hydrogen-bond acceptors (Lipinski definition) is 5. The van der Waals surface area contributed by atoms with Crippen molar-refractivity contribution in [2.75, 3.05) is 13.1 Å². The lowest BCUT2D eigenvalue weighted by Crippen LogP contribution is -2.54. The van der Waals surface area contributed by atoms with E-state index in [1.54, 1.807) is 0 Å². The standard InChI is InChI=1S/C30H34ClNO5/c1-19-24-10-12-26(36-18-21-6-8-23(31)9-7-21)20(2)28(24)37-29(34)25(19)11-13-27(33)32-16-15-30(35)14-4-3-5-22(30)17-32/h6-10,12,22,35H,3-5,11,13-18H2,1-2H3/t22-,30+/m0/s1. The highest BCUT2D eigenvalue weighted by atomic mass is 35.5. The van der Waals surface area contributed by atoms with Gasteiger partial charge in [-0.1, -0.05) is 36.6 Å². The van der Waals surface area contributed by atoms with Gasteiger partial charge in [-0.15, -0.1) is 0 Å². The van der Waals surface area contributed by atoms with Gasteiger partial charge in [0.05, 0.1) is 5.60 Å². The maximum Gasteiger partial charge on any atom is 0.339 e. The van der Waals surface area contributed by atoms with E-state index in [1.165, 1.54) is 0 Å². The Hall–Kier alpha value is -2.83. The van der Waals surface area contributed by atoms with Crippen LogP contribution in [0.25, 0.3) is 11.0 Å². The first-order chi connectivity index (χ1) is 17.7. The van der Waals surface area contributed by atoms with E-state index in [-0.39, 0.29) is 18.2 Å². The number of carbonyl (C=O) groups is 1. The highest BCUT2D eigenvalue weighted by molar-refractivity contribution is 6.30. The minimum Gasteiger partial charge on any atom is -0.488 e. The molecule has 7 heteroatoms. The molecule has 2 aromatic carbocycles. The van der Waals surface area contributed by atoms with Gasteiger partial charge in [0.2, 0.25) is 5.91 Å². The summed E-state index contributed by atoms with van der Waals surface area (Å²) in [6.45, 7) is 5.36. The molecule has 1 saturated carbocycles. The smallest absolute Gasteiger partial charge is 0.339 e. The highest BCUT2D eigenvalue weighted by Gasteiger charge is 2.43. The Bertz CT molecular complexity index is 1370. The molecule has 1 aliphatic carbocycles. The van der Waals surface area contributed by atoms with Crippen LogP contribution in [0.2, 0.25) is 5.02 Å². The Kier molecular flexibility index (Phi) is 7.32. The third-order valence-corrected chi connectivity index (χ3v) is 8.58. The van der Waals surface area contributed by atoms with Crippen LogP contribution >= 0.6 is 11.6 Å². The zero-order valence-electron chi connectivity index (χ0n) is 21.5. The van der Waals surface area contributed by atoms with Gasteiger partial charge in [0, 0.05) is 47.0 Å². The number of carbonyl (C=O) groups excluding carboxylic acids is 1. The summed E-state index contributed by atoms with van der Waals surface area (Å²) in [5.74, 6) is 0.847. The Morgan fingerprint density at radius 2 is 1.92 bits per heavy atom. The molecule has 196 valence electrons. The topological polar surface area (TPSA) is 80.0 Å². The van der Waals surface area contributed by atoms with E-state index < -0.39 is 11.2 Å². The minimum atomic E-state index is -0.611. The Labute approximate surface area is 222 Å². The first-order valence-corrected chi connectivity index (χ1v) is 13.6. The number of likely N-dealkylation sites (tertiary alicyclic amines) is 1. The van der Waals surface area contributed by atoms with Crippen LogP contribution in [-0.4, -0.2) is 34.6 Å². The predicted molar refractivity (Wildman–Crippen MR) is 144 cm³/mol. The molecule has 6 nitrogen and oxygen atoms in total. The van der Waals surface area contributed by atoms with E-state index in [9.17, 15) is 14.7 Å². The fourth-order valence-electron chi connectivity index (χ4n) is 5.95. The van der Waals surface area contributed by atoms with Crippen molar-refractivity contribution in [3.05, 3.63) is 74.1 Å². The summed E-state index contributed by atoms with van der Waals surface area (Å²) in [7, 11) is 0. The predicted octanol–water partition coefficient (Wildman–Crippen LogP) is 5.73. The number of amides is 1. The SMILES string of the molecule is Cc1c(CCC(=O)N2CC[C@]3(O)CCCC[C@H]3C2)c(=O)oc2c(C)c(OCc3ccc(Cl)cc3)ccc12. The number of nitrogens with zero attached hydrogens (tertiary/aromatic N) is 1. The second-order valence-corrected chi connectivity index (χ2v) is 11.0. The van der Waals surface area contributed by atoms with Crippen LogP contribution in [0.15, 0.2) is 45.6 Å². The van der Waals surface area contributed by atoms with Crippen molar-refractivity contribution >= 4 is 28.5 Å². The van der Waals surface area contributed by atoms with Gasteiger partial charge in [0.25, 0.3) is 0 Å². The second-order valence-electron chi connectivity index (χ2n) is 10.6. The molecule has 0 spiro atoms. The van der Waals surface area contributed by atoms with Crippen LogP contribution in [-0.2, 0) is 17.8 Å². The van der Waals surface area contributed by atoms with Crippen molar-refractivity contribution in [1.82, 2.24) is 4.90 Å². The molecule has 2 heterocycles. The van der Waals surface area contributed by atoms with Gasteiger partial charge in [-0.25, -0.2) is 4.79 Å². The number of aryl methyl sites for hydroxylation is 2. The van der Waals surface area contributed by atoms with E-state index in [2.05, 4.69) is 0 Å². The van der Waals surface area contributed by atoms with Crippen molar-refractivity contribution in [3.63, 3.8) is 0 Å². The van der Waals surface area contributed by atoms with Gasteiger partial charge in [-0.3, -0.25) is 4.79 Å². The van der Waals surface area contributed by atoms with Crippen molar-refractivity contribution in [3.8, 4) is 5.75 Å². The highest BCUT2D eigenvalue weighted by Crippen LogP contribution is 2.40. The lowest BCUT2D eigenvalue weighted by molar-refractivity contribution is -0.143. The molecular formula is C30H34ClNO5. The zero-order chi connectivity index (χ0) is 26.2. The van der Waals surface area contributed by atoms with E-state index in [1.807, 2.05) is 55.1 Å². The number of rotatable bonds is 6. The lowest BCUT2D eigenvalue weighted by atomic mass is 9.71. The van der Waals surface area contributed by atoms with Gasteiger partial charge in [-0.05, 0) is 74.9 Å². The Balaban J connectivity index is 1.28. The molecule has 0 bridgehead atoms. The fourth-order valence-corrected chi connectivity index (χ4v) is 6.07. The lowest BCUT2D eigenvalue weighted by Gasteiger charge is -2.47. The molecule has 1 saturated heterocycles. The van der Waals surface area contributed by atoms with Crippen LogP contribution in [0.4, 0.5) is 0 Å². The summed E-state index contributed by atoms with van der Waals surface area (Å²) in [5.41, 5.74) is 2.63. The summed E-state index contributed by atoms with van der Waals surface area (Å²) in [5, 5.41) is 12.4. The summed E-state index contributed by atoms with van der Waals surface area (Å²) in [6.07, 6.45) is 5.21. The number of hydrogen-bond donors (Lipinski definition) is 1. The van der Waals surface area contributed by atoms with Crippen LogP contribution in [0, 0.1) is 19.8 Å². The molecule has 5 rings (SSSR count). The maximum atomic E-state index is 13.0. The van der Waals surface area contributed by atoms with Crippen molar-refractivity contribution < 1.29 is 19.1 Å². The third-order valence-electron chi connectivity index (χ3n) is 8.33. The van der Waals surface area contributed by atoms with Crippen molar-refractivity contribution in [1.29, 1.82) is 0 Å². The first kappa shape index (κ1) is 25.8. The molecule has 3 aromatic rings. The molecule has 37 heavy (non-hydrogen) atoms. The molecule has 0 unspecified atom stereocenters. The van der Waals surface area contributed by atoms with Crippen LogP contribution < -0.4 is 10.4 Å². The molecule has 1 N–H and O–H groups in total. The largest absolute Gasteiger partial charge is 0.488 e. The van der Waals surface area contributed by atoms with Crippen LogP contribution in [0.5, 0.6) is 5.75 Å². The van der Waals surface area contributed by atoms with E-state index in [0.29, 0.717) is 54.5 Å². The van der Waals surface area contributed by atoms with E-state index in [0.717, 1.165) is 47.8 Å². The quantitative estimate of drug-likeness (QED) is 0.417. The second kappa shape index (κ2) is 10.5. The average molecular weight is 524 g/mol. The normalized spacial score (nSPS) is 21.6. The molecule has 1 amide bonds. The number of piperidine rings is 1. The van der Waals surface area contributed by atoms with Gasteiger partial charge in [0.1, 0.15) is 17.9 Å². The molecular weight excluding hydrogens is 490 g/mol. The number of halogens is 1. The number of benzene rings is 2. The molecule has 2 aliphatic rings. The minimum absolute atomic E-state index is 0.0358. The number of fused-ring (bicyclic) bond motifs is 2. The Morgan fingerprint density at radius 1 is 1.14 bits per heavy atom. The van der Waals surface area contributed by atoms with Gasteiger partial charge in [0.15, 0.2) is 0 Å². The molecule has 0 radical (unpaired) electrons. The number of aliphatic hydroxyl groups is 1. The molecule has 1 aliphatic heterocycles. The van der Waals surface area contributed by atoms with Gasteiger partial charge < -0.3 is 19.2 Å².